The van der Waals surface area contributed by atoms with Crippen molar-refractivity contribution in [1.29, 1.82) is 0 Å². The smallest absolute Gasteiger partial charge is 0.212 e. The number of hydrogen-bond donors (Lipinski definition) is 0. The second-order valence-corrected chi connectivity index (χ2v) is 5.38. The van der Waals surface area contributed by atoms with Gasteiger partial charge in [-0.05, 0) is 30.2 Å². The van der Waals surface area contributed by atoms with Crippen LogP contribution in [-0.2, 0) is 13.5 Å². The minimum absolute atomic E-state index is 0.935. The van der Waals surface area contributed by atoms with E-state index in [1.165, 1.54) is 28.1 Å². The van der Waals surface area contributed by atoms with Gasteiger partial charge in [0.05, 0.1) is 11.3 Å². The Labute approximate surface area is 118 Å². The lowest BCUT2D eigenvalue weighted by atomic mass is 9.99. The highest BCUT2D eigenvalue weighted by atomic mass is 15.1. The van der Waals surface area contributed by atoms with E-state index in [1.807, 2.05) is 12.4 Å². The third-order valence-electron chi connectivity index (χ3n) is 4.08. The Morgan fingerprint density at radius 2 is 2.15 bits per heavy atom. The molecule has 0 atom stereocenters. The summed E-state index contributed by atoms with van der Waals surface area (Å²) < 4.78 is 4.36. The third kappa shape index (κ3) is 1.53. The zero-order valence-corrected chi connectivity index (χ0v) is 11.7. The molecule has 1 aliphatic rings. The number of aromatic nitrogens is 3. The Balaban J connectivity index is 1.96. The topological polar surface area (TPSA) is 21.7 Å². The molecule has 3 nitrogen and oxygen atoms in total. The molecule has 0 saturated heterocycles. The molecule has 3 heteroatoms. The highest BCUT2D eigenvalue weighted by Crippen LogP contribution is 2.32. The summed E-state index contributed by atoms with van der Waals surface area (Å²) in [6.07, 6.45) is 6.95. The summed E-state index contributed by atoms with van der Waals surface area (Å²) in [4.78, 5) is 4.42. The van der Waals surface area contributed by atoms with Crippen molar-refractivity contribution in [3.8, 4) is 16.9 Å². The van der Waals surface area contributed by atoms with E-state index in [0.29, 0.717) is 0 Å². The van der Waals surface area contributed by atoms with E-state index in [4.69, 9.17) is 0 Å². The Kier molecular flexibility index (Phi) is 2.30. The zero-order chi connectivity index (χ0) is 13.7. The largest absolute Gasteiger partial charge is 0.303 e. The standard InChI is InChI=1S/C17H16N3/c1-12-9-13-10-17-18-6-8-20(17)16(13)11-14(12)15-5-3-4-7-19(15)2/h3-9,11H,10H2,1-2H3/q+1. The lowest BCUT2D eigenvalue weighted by molar-refractivity contribution is -0.660. The van der Waals surface area contributed by atoms with Gasteiger partial charge in [0.2, 0.25) is 5.69 Å². The quantitative estimate of drug-likeness (QED) is 0.483. The van der Waals surface area contributed by atoms with Crippen molar-refractivity contribution >= 4 is 0 Å². The third-order valence-corrected chi connectivity index (χ3v) is 4.08. The van der Waals surface area contributed by atoms with Gasteiger partial charge in [0.1, 0.15) is 12.9 Å². The molecular formula is C17H16N3+. The Morgan fingerprint density at radius 3 is 3.00 bits per heavy atom. The van der Waals surface area contributed by atoms with E-state index in [1.54, 1.807) is 0 Å². The highest BCUT2D eigenvalue weighted by Gasteiger charge is 2.22. The van der Waals surface area contributed by atoms with Crippen LogP contribution in [0, 0.1) is 6.92 Å². The van der Waals surface area contributed by atoms with E-state index < -0.39 is 0 Å². The van der Waals surface area contributed by atoms with E-state index in [0.717, 1.165) is 12.2 Å². The fourth-order valence-electron chi connectivity index (χ4n) is 3.06. The van der Waals surface area contributed by atoms with Crippen LogP contribution < -0.4 is 4.57 Å². The van der Waals surface area contributed by atoms with E-state index in [9.17, 15) is 0 Å². The molecule has 0 amide bonds. The van der Waals surface area contributed by atoms with Crippen LogP contribution in [0.25, 0.3) is 16.9 Å². The summed E-state index contributed by atoms with van der Waals surface area (Å²) in [5.74, 6) is 1.13. The summed E-state index contributed by atoms with van der Waals surface area (Å²) in [6.45, 7) is 2.18. The Morgan fingerprint density at radius 1 is 1.25 bits per heavy atom. The first-order valence-corrected chi connectivity index (χ1v) is 6.85. The lowest BCUT2D eigenvalue weighted by Gasteiger charge is -2.09. The molecule has 0 spiro atoms. The number of fused-ring (bicyclic) bond motifs is 3. The number of hydrogen-bond acceptors (Lipinski definition) is 1. The maximum atomic E-state index is 4.42. The van der Waals surface area contributed by atoms with Crippen molar-refractivity contribution in [2.45, 2.75) is 13.3 Å². The molecule has 0 fully saturated rings. The molecule has 4 rings (SSSR count). The zero-order valence-electron chi connectivity index (χ0n) is 11.7. The molecule has 20 heavy (non-hydrogen) atoms. The molecule has 98 valence electrons. The SMILES string of the molecule is Cc1cc2c(cc1-c1cccc[n+]1C)-n1ccnc1C2. The molecule has 0 aliphatic carbocycles. The van der Waals surface area contributed by atoms with Crippen LogP contribution in [0.15, 0.2) is 48.9 Å². The second kappa shape index (κ2) is 4.04. The maximum Gasteiger partial charge on any atom is 0.212 e. The summed E-state index contributed by atoms with van der Waals surface area (Å²) in [7, 11) is 2.09. The van der Waals surface area contributed by atoms with E-state index in [2.05, 4.69) is 64.6 Å². The van der Waals surface area contributed by atoms with Gasteiger partial charge in [-0.2, -0.15) is 0 Å². The van der Waals surface area contributed by atoms with Crippen LogP contribution in [0.4, 0.5) is 0 Å². The van der Waals surface area contributed by atoms with Gasteiger partial charge in [-0.1, -0.05) is 6.07 Å². The van der Waals surface area contributed by atoms with Gasteiger partial charge in [-0.3, -0.25) is 0 Å². The molecule has 1 aliphatic heterocycles. The van der Waals surface area contributed by atoms with Crippen LogP contribution in [0.5, 0.6) is 0 Å². The van der Waals surface area contributed by atoms with Gasteiger partial charge in [0.25, 0.3) is 0 Å². The van der Waals surface area contributed by atoms with Gasteiger partial charge in [0.15, 0.2) is 6.20 Å². The normalized spacial score (nSPS) is 12.3. The molecule has 0 unspecified atom stereocenters. The highest BCUT2D eigenvalue weighted by molar-refractivity contribution is 5.68. The molecule has 0 saturated carbocycles. The van der Waals surface area contributed by atoms with Crippen LogP contribution in [0.2, 0.25) is 0 Å². The van der Waals surface area contributed by atoms with E-state index in [-0.39, 0.29) is 0 Å². The molecule has 3 aromatic rings. The van der Waals surface area contributed by atoms with Gasteiger partial charge < -0.3 is 4.57 Å². The predicted octanol–water partition coefficient (Wildman–Crippen LogP) is 2.58. The molecule has 0 N–H and O–H groups in total. The number of aryl methyl sites for hydroxylation is 2. The van der Waals surface area contributed by atoms with Crippen LogP contribution >= 0.6 is 0 Å². The van der Waals surface area contributed by atoms with Crippen molar-refractivity contribution in [2.24, 2.45) is 7.05 Å². The molecule has 0 radical (unpaired) electrons. The minimum Gasteiger partial charge on any atom is -0.303 e. The first-order valence-electron chi connectivity index (χ1n) is 6.85. The number of pyridine rings is 1. The summed E-state index contributed by atoms with van der Waals surface area (Å²) in [5, 5.41) is 0. The van der Waals surface area contributed by atoms with E-state index >= 15 is 0 Å². The molecular weight excluding hydrogens is 246 g/mol. The van der Waals surface area contributed by atoms with Crippen molar-refractivity contribution in [1.82, 2.24) is 9.55 Å². The minimum atomic E-state index is 0.935. The van der Waals surface area contributed by atoms with Gasteiger partial charge in [-0.15, -0.1) is 0 Å². The number of benzene rings is 1. The van der Waals surface area contributed by atoms with Crippen LogP contribution in [0.1, 0.15) is 17.0 Å². The number of rotatable bonds is 1. The Bertz CT molecular complexity index is 815. The van der Waals surface area contributed by atoms with Crippen molar-refractivity contribution in [2.75, 3.05) is 0 Å². The first-order chi connectivity index (χ1) is 9.74. The average Bonchev–Trinajstić information content (AvgIpc) is 2.99. The summed E-state index contributed by atoms with van der Waals surface area (Å²) in [6, 6.07) is 10.9. The fourth-order valence-corrected chi connectivity index (χ4v) is 3.06. The van der Waals surface area contributed by atoms with Crippen molar-refractivity contribution < 1.29 is 4.57 Å². The van der Waals surface area contributed by atoms with Gasteiger partial charge >= 0.3 is 0 Å². The molecule has 0 bridgehead atoms. The Hall–Kier alpha value is -2.42. The van der Waals surface area contributed by atoms with Crippen molar-refractivity contribution in [3.05, 3.63) is 65.9 Å². The second-order valence-electron chi connectivity index (χ2n) is 5.38. The molecule has 3 heterocycles. The fraction of sp³-hybridized carbons (Fsp3) is 0.176. The molecule has 2 aromatic heterocycles. The van der Waals surface area contributed by atoms with Gasteiger partial charge in [0, 0.05) is 30.9 Å². The first kappa shape index (κ1) is 11.4. The number of nitrogens with zero attached hydrogens (tertiary/aromatic N) is 3. The lowest BCUT2D eigenvalue weighted by Crippen LogP contribution is -2.30. The van der Waals surface area contributed by atoms with Crippen molar-refractivity contribution in [3.63, 3.8) is 0 Å². The summed E-state index contributed by atoms with van der Waals surface area (Å²) >= 11 is 0. The van der Waals surface area contributed by atoms with Gasteiger partial charge in [-0.25, -0.2) is 9.55 Å². The number of imidazole rings is 1. The summed E-state index contributed by atoms with van der Waals surface area (Å²) in [5.41, 5.74) is 6.47. The average molecular weight is 262 g/mol. The predicted molar refractivity (Wildman–Crippen MR) is 77.7 cm³/mol. The monoisotopic (exact) mass is 262 g/mol. The maximum absolute atomic E-state index is 4.42. The molecule has 1 aromatic carbocycles. The van der Waals surface area contributed by atoms with Crippen LogP contribution in [0.3, 0.4) is 0 Å². The van der Waals surface area contributed by atoms with Crippen LogP contribution in [-0.4, -0.2) is 9.55 Å².